The summed E-state index contributed by atoms with van der Waals surface area (Å²) in [6.07, 6.45) is 0.593. The molecule has 2 N–H and O–H groups in total. The van der Waals surface area contributed by atoms with E-state index in [4.69, 9.17) is 0 Å². The zero-order chi connectivity index (χ0) is 6.97. The summed E-state index contributed by atoms with van der Waals surface area (Å²) >= 11 is 1.85. The van der Waals surface area contributed by atoms with Crippen LogP contribution in [-0.4, -0.2) is 17.4 Å². The first kappa shape index (κ1) is 6.09. The molecule has 0 bridgehead atoms. The van der Waals surface area contributed by atoms with Gasteiger partial charge in [-0.05, 0) is 5.57 Å². The van der Waals surface area contributed by atoms with Crippen LogP contribution in [0.3, 0.4) is 0 Å². The highest BCUT2D eigenvalue weighted by Crippen LogP contribution is 2.26. The van der Waals surface area contributed by atoms with Crippen molar-refractivity contribution >= 4 is 17.7 Å². The summed E-state index contributed by atoms with van der Waals surface area (Å²) in [6.45, 7) is 0. The van der Waals surface area contributed by atoms with Gasteiger partial charge in [0.2, 0.25) is 5.91 Å². The minimum atomic E-state index is 0.0845. The number of rotatable bonds is 0. The molecule has 0 spiro atoms. The highest BCUT2D eigenvalue weighted by Gasteiger charge is 2.21. The van der Waals surface area contributed by atoms with Crippen LogP contribution in [0, 0.1) is 0 Å². The number of nitrogens with one attached hydrogen (secondary N) is 2. The number of thioether (sulfide) groups is 1. The molecule has 0 aromatic rings. The Morgan fingerprint density at radius 3 is 3.10 bits per heavy atom. The van der Waals surface area contributed by atoms with E-state index in [2.05, 4.69) is 10.9 Å². The molecule has 2 aliphatic rings. The Morgan fingerprint density at radius 1 is 1.30 bits per heavy atom. The highest BCUT2D eigenvalue weighted by atomic mass is 32.2. The number of carbonyl (C=O) groups excluding carboxylic acids is 1. The van der Waals surface area contributed by atoms with Crippen LogP contribution in [-0.2, 0) is 4.79 Å². The van der Waals surface area contributed by atoms with Crippen molar-refractivity contribution in [2.24, 2.45) is 0 Å². The molecule has 0 atom stereocenters. The predicted octanol–water partition coefficient (Wildman–Crippen LogP) is 0.0118. The molecule has 3 nitrogen and oxygen atoms in total. The largest absolute Gasteiger partial charge is 0.302 e. The van der Waals surface area contributed by atoms with Gasteiger partial charge in [-0.25, -0.2) is 0 Å². The minimum Gasteiger partial charge on any atom is -0.302 e. The highest BCUT2D eigenvalue weighted by molar-refractivity contribution is 7.99. The normalized spacial score (nSPS) is 23.8. The SMILES string of the molecule is O=C1CC2=C(CSC2)NN1. The van der Waals surface area contributed by atoms with Crippen LogP contribution < -0.4 is 10.9 Å². The maximum atomic E-state index is 10.8. The van der Waals surface area contributed by atoms with Gasteiger partial charge in [0.25, 0.3) is 0 Å². The number of hydrogen-bond donors (Lipinski definition) is 2. The van der Waals surface area contributed by atoms with Crippen molar-refractivity contribution in [1.29, 1.82) is 0 Å². The Bertz CT molecular complexity index is 212. The summed E-state index contributed by atoms with van der Waals surface area (Å²) in [5.74, 6) is 2.13. The third-order valence-electron chi connectivity index (χ3n) is 1.68. The van der Waals surface area contributed by atoms with Gasteiger partial charge in [-0.2, -0.15) is 11.8 Å². The molecule has 1 amide bonds. The molecular weight excluding hydrogens is 148 g/mol. The van der Waals surface area contributed by atoms with Gasteiger partial charge in [-0.1, -0.05) is 0 Å². The summed E-state index contributed by atoms with van der Waals surface area (Å²) in [7, 11) is 0. The van der Waals surface area contributed by atoms with Crippen LogP contribution in [0.25, 0.3) is 0 Å². The van der Waals surface area contributed by atoms with Crippen molar-refractivity contribution in [2.45, 2.75) is 6.42 Å². The van der Waals surface area contributed by atoms with E-state index in [1.165, 1.54) is 11.3 Å². The monoisotopic (exact) mass is 156 g/mol. The van der Waals surface area contributed by atoms with Crippen molar-refractivity contribution in [3.05, 3.63) is 11.3 Å². The second-order valence-corrected chi connectivity index (χ2v) is 3.41. The first-order chi connectivity index (χ1) is 4.86. The van der Waals surface area contributed by atoms with Crippen molar-refractivity contribution in [3.8, 4) is 0 Å². The Hall–Kier alpha value is -0.640. The molecule has 0 unspecified atom stereocenters. The van der Waals surface area contributed by atoms with Crippen molar-refractivity contribution in [3.63, 3.8) is 0 Å². The van der Waals surface area contributed by atoms with E-state index in [1.807, 2.05) is 11.8 Å². The van der Waals surface area contributed by atoms with Crippen LogP contribution in [0.5, 0.6) is 0 Å². The van der Waals surface area contributed by atoms with Crippen LogP contribution in [0.1, 0.15) is 6.42 Å². The Balaban J connectivity index is 2.21. The number of amides is 1. The number of hydrogen-bond acceptors (Lipinski definition) is 3. The van der Waals surface area contributed by atoms with E-state index in [0.29, 0.717) is 6.42 Å². The lowest BCUT2D eigenvalue weighted by Gasteiger charge is -2.16. The molecule has 0 saturated heterocycles. The zero-order valence-corrected chi connectivity index (χ0v) is 6.25. The van der Waals surface area contributed by atoms with Gasteiger partial charge in [0, 0.05) is 17.2 Å². The Morgan fingerprint density at radius 2 is 2.20 bits per heavy atom. The summed E-state index contributed by atoms with van der Waals surface area (Å²) in [5, 5.41) is 0. The van der Waals surface area contributed by atoms with Gasteiger partial charge >= 0.3 is 0 Å². The van der Waals surface area contributed by atoms with E-state index in [-0.39, 0.29) is 5.91 Å². The van der Waals surface area contributed by atoms with Gasteiger partial charge in [0.1, 0.15) is 0 Å². The molecule has 0 aromatic heterocycles. The summed E-state index contributed by atoms with van der Waals surface area (Å²) in [4.78, 5) is 10.8. The lowest BCUT2D eigenvalue weighted by molar-refractivity contribution is -0.121. The number of hydrazine groups is 1. The second-order valence-electron chi connectivity index (χ2n) is 2.42. The Kier molecular flexibility index (Phi) is 1.34. The first-order valence-electron chi connectivity index (χ1n) is 3.20. The molecule has 0 saturated carbocycles. The van der Waals surface area contributed by atoms with Crippen LogP contribution in [0.2, 0.25) is 0 Å². The molecule has 0 aliphatic carbocycles. The maximum absolute atomic E-state index is 10.8. The average molecular weight is 156 g/mol. The van der Waals surface area contributed by atoms with Crippen molar-refractivity contribution in [1.82, 2.24) is 10.9 Å². The first-order valence-corrected chi connectivity index (χ1v) is 4.35. The number of carbonyl (C=O) groups is 1. The summed E-state index contributed by atoms with van der Waals surface area (Å²) in [5.41, 5.74) is 7.97. The summed E-state index contributed by atoms with van der Waals surface area (Å²) < 4.78 is 0. The molecular formula is C6H8N2OS. The minimum absolute atomic E-state index is 0.0845. The second kappa shape index (κ2) is 2.20. The quantitative estimate of drug-likeness (QED) is 0.519. The van der Waals surface area contributed by atoms with Crippen LogP contribution in [0.15, 0.2) is 11.3 Å². The standard InChI is InChI=1S/C6H8N2OS/c9-6-1-4-2-10-3-5(4)7-8-6/h7H,1-3H2,(H,8,9). The molecule has 54 valence electrons. The van der Waals surface area contributed by atoms with Crippen LogP contribution in [0.4, 0.5) is 0 Å². The summed E-state index contributed by atoms with van der Waals surface area (Å²) in [6, 6.07) is 0. The third-order valence-corrected chi connectivity index (χ3v) is 2.72. The molecule has 0 aromatic carbocycles. The predicted molar refractivity (Wildman–Crippen MR) is 40.2 cm³/mol. The fourth-order valence-corrected chi connectivity index (χ4v) is 2.24. The molecule has 10 heavy (non-hydrogen) atoms. The molecule has 0 fully saturated rings. The molecule has 2 heterocycles. The van der Waals surface area contributed by atoms with E-state index in [0.717, 1.165) is 11.5 Å². The van der Waals surface area contributed by atoms with Gasteiger partial charge in [-0.15, -0.1) is 0 Å². The molecule has 4 heteroatoms. The van der Waals surface area contributed by atoms with Gasteiger partial charge in [0.15, 0.2) is 0 Å². The Labute approximate surface area is 63.2 Å². The van der Waals surface area contributed by atoms with E-state index in [9.17, 15) is 4.79 Å². The molecule has 2 rings (SSSR count). The zero-order valence-electron chi connectivity index (χ0n) is 5.44. The average Bonchev–Trinajstić information content (AvgIpc) is 2.33. The van der Waals surface area contributed by atoms with E-state index < -0.39 is 0 Å². The lowest BCUT2D eigenvalue weighted by atomic mass is 10.1. The van der Waals surface area contributed by atoms with E-state index in [1.54, 1.807) is 0 Å². The van der Waals surface area contributed by atoms with E-state index >= 15 is 0 Å². The maximum Gasteiger partial charge on any atom is 0.242 e. The van der Waals surface area contributed by atoms with Crippen molar-refractivity contribution in [2.75, 3.05) is 11.5 Å². The smallest absolute Gasteiger partial charge is 0.242 e. The fourth-order valence-electron chi connectivity index (χ4n) is 1.13. The third kappa shape index (κ3) is 0.883. The van der Waals surface area contributed by atoms with Gasteiger partial charge in [0.05, 0.1) is 6.42 Å². The van der Waals surface area contributed by atoms with Crippen molar-refractivity contribution < 1.29 is 4.79 Å². The van der Waals surface area contributed by atoms with Gasteiger partial charge < -0.3 is 5.43 Å². The van der Waals surface area contributed by atoms with Crippen LogP contribution >= 0.6 is 11.8 Å². The van der Waals surface area contributed by atoms with Gasteiger partial charge in [-0.3, -0.25) is 10.2 Å². The fraction of sp³-hybridized carbons (Fsp3) is 0.500. The molecule has 0 radical (unpaired) electrons. The topological polar surface area (TPSA) is 41.1 Å². The molecule has 2 aliphatic heterocycles. The lowest BCUT2D eigenvalue weighted by Crippen LogP contribution is -2.41.